The van der Waals surface area contributed by atoms with Gasteiger partial charge in [-0.3, -0.25) is 0 Å². The van der Waals surface area contributed by atoms with Crippen LogP contribution in [0.5, 0.6) is 0 Å². The number of hydrogen-bond donors (Lipinski definition) is 1. The fourth-order valence-electron chi connectivity index (χ4n) is 2.21. The lowest BCUT2D eigenvalue weighted by Crippen LogP contribution is -2.37. The fourth-order valence-corrected chi connectivity index (χ4v) is 4.53. The molecule has 0 radical (unpaired) electrons. The molecular weight excluding hydrogens is 354 g/mol. The van der Waals surface area contributed by atoms with Crippen molar-refractivity contribution in [3.63, 3.8) is 0 Å². The molecule has 0 saturated heterocycles. The van der Waals surface area contributed by atoms with Crippen LogP contribution in [0.1, 0.15) is 37.9 Å². The van der Waals surface area contributed by atoms with E-state index in [0.717, 1.165) is 11.1 Å². The Morgan fingerprint density at radius 2 is 1.56 bits per heavy atom. The van der Waals surface area contributed by atoms with Gasteiger partial charge >= 0.3 is 0 Å². The Balaban J connectivity index is 2.30. The first kappa shape index (κ1) is 19.8. The molecule has 2 aromatic carbocycles. The maximum Gasteiger partial charge on any atom is 0.157 e. The van der Waals surface area contributed by atoms with E-state index in [1.807, 2.05) is 49.4 Å². The van der Waals surface area contributed by atoms with Crippen LogP contribution in [0.3, 0.4) is 0 Å². The summed E-state index contributed by atoms with van der Waals surface area (Å²) in [6.45, 7) is 7.01. The fraction of sp³-hybridized carbons (Fsp3) is 0.368. The SMILES string of the molecule is Cc1ccc(S(=O)N[C@@H](CS(=O)(=O)C(C)(C)C)c2ccccc2)cc1. The molecule has 0 aliphatic rings. The molecule has 1 N–H and O–H groups in total. The molecule has 0 aliphatic heterocycles. The third kappa shape index (κ3) is 5.23. The van der Waals surface area contributed by atoms with Crippen LogP contribution in [-0.4, -0.2) is 23.1 Å². The molecule has 0 amide bonds. The first-order chi connectivity index (χ1) is 11.6. The van der Waals surface area contributed by atoms with Gasteiger partial charge in [0.15, 0.2) is 9.84 Å². The molecule has 0 fully saturated rings. The number of sulfone groups is 1. The van der Waals surface area contributed by atoms with Crippen molar-refractivity contribution < 1.29 is 12.6 Å². The molecule has 0 spiro atoms. The number of nitrogens with one attached hydrogen (secondary N) is 1. The Morgan fingerprint density at radius 1 is 1.00 bits per heavy atom. The quantitative estimate of drug-likeness (QED) is 0.835. The Labute approximate surface area is 153 Å². The van der Waals surface area contributed by atoms with Crippen molar-refractivity contribution in [1.82, 2.24) is 4.72 Å². The molecule has 0 bridgehead atoms. The summed E-state index contributed by atoms with van der Waals surface area (Å²) in [5, 5.41) is 0. The summed E-state index contributed by atoms with van der Waals surface area (Å²) in [6, 6.07) is 16.1. The van der Waals surface area contributed by atoms with Crippen molar-refractivity contribution in [2.75, 3.05) is 5.75 Å². The van der Waals surface area contributed by atoms with Crippen molar-refractivity contribution in [2.24, 2.45) is 0 Å². The largest absolute Gasteiger partial charge is 0.237 e. The smallest absolute Gasteiger partial charge is 0.157 e. The molecule has 0 aliphatic carbocycles. The maximum absolute atomic E-state index is 12.7. The van der Waals surface area contributed by atoms with Crippen LogP contribution in [-0.2, 0) is 20.8 Å². The maximum atomic E-state index is 12.7. The van der Waals surface area contributed by atoms with E-state index in [2.05, 4.69) is 4.72 Å². The minimum atomic E-state index is -3.38. The van der Waals surface area contributed by atoms with Gasteiger partial charge in [0, 0.05) is 0 Å². The van der Waals surface area contributed by atoms with E-state index in [1.165, 1.54) is 0 Å². The first-order valence-corrected chi connectivity index (χ1v) is 10.9. The lowest BCUT2D eigenvalue weighted by atomic mass is 10.1. The molecule has 25 heavy (non-hydrogen) atoms. The zero-order valence-corrected chi connectivity index (χ0v) is 16.7. The Hall–Kier alpha value is -1.50. The highest BCUT2D eigenvalue weighted by Crippen LogP contribution is 2.24. The predicted molar refractivity (Wildman–Crippen MR) is 103 cm³/mol. The van der Waals surface area contributed by atoms with Crippen LogP contribution in [0.4, 0.5) is 0 Å². The Kier molecular flexibility index (Phi) is 6.19. The van der Waals surface area contributed by atoms with E-state index in [9.17, 15) is 12.6 Å². The highest BCUT2D eigenvalue weighted by Gasteiger charge is 2.32. The monoisotopic (exact) mass is 379 g/mol. The minimum Gasteiger partial charge on any atom is -0.237 e. The summed E-state index contributed by atoms with van der Waals surface area (Å²) in [5.41, 5.74) is 1.88. The zero-order chi connectivity index (χ0) is 18.7. The molecule has 2 rings (SSSR count). The number of aryl methyl sites for hydroxylation is 1. The van der Waals surface area contributed by atoms with Crippen molar-refractivity contribution in [3.8, 4) is 0 Å². The summed E-state index contributed by atoms with van der Waals surface area (Å²) in [7, 11) is -4.87. The summed E-state index contributed by atoms with van der Waals surface area (Å²) in [4.78, 5) is 0.625. The highest BCUT2D eigenvalue weighted by molar-refractivity contribution is 7.92. The van der Waals surface area contributed by atoms with E-state index >= 15 is 0 Å². The molecular formula is C19H25NO3S2. The number of hydrogen-bond acceptors (Lipinski definition) is 3. The summed E-state index contributed by atoms with van der Waals surface area (Å²) in [5.74, 6) is -0.113. The molecule has 0 aromatic heterocycles. The molecule has 2 aromatic rings. The van der Waals surface area contributed by atoms with Crippen molar-refractivity contribution in [3.05, 3.63) is 65.7 Å². The van der Waals surface area contributed by atoms with E-state index in [1.54, 1.807) is 32.9 Å². The van der Waals surface area contributed by atoms with Crippen LogP contribution in [0.2, 0.25) is 0 Å². The summed E-state index contributed by atoms with van der Waals surface area (Å²) < 4.78 is 40.1. The van der Waals surface area contributed by atoms with Crippen molar-refractivity contribution >= 4 is 20.8 Å². The van der Waals surface area contributed by atoms with Gasteiger partial charge in [-0.15, -0.1) is 0 Å². The molecule has 0 heterocycles. The molecule has 0 saturated carbocycles. The summed E-state index contributed by atoms with van der Waals surface area (Å²) in [6.07, 6.45) is 0. The van der Waals surface area contributed by atoms with E-state index < -0.39 is 31.6 Å². The predicted octanol–water partition coefficient (Wildman–Crippen LogP) is 3.56. The van der Waals surface area contributed by atoms with Gasteiger partial charge in [-0.25, -0.2) is 17.3 Å². The number of rotatable bonds is 6. The normalized spacial score (nSPS) is 14.9. The van der Waals surface area contributed by atoms with Gasteiger partial charge < -0.3 is 0 Å². The van der Waals surface area contributed by atoms with Gasteiger partial charge in [0.05, 0.1) is 21.4 Å². The standard InChI is InChI=1S/C19H25NO3S2/c1-15-10-12-17(13-11-15)24(21)20-18(16-8-6-5-7-9-16)14-25(22,23)19(2,3)4/h5-13,18,20H,14H2,1-4H3/t18-,24?/m0/s1. The summed E-state index contributed by atoms with van der Waals surface area (Å²) >= 11 is 0. The van der Waals surface area contributed by atoms with Crippen LogP contribution >= 0.6 is 0 Å². The highest BCUT2D eigenvalue weighted by atomic mass is 32.2. The molecule has 2 atom stereocenters. The Morgan fingerprint density at radius 3 is 2.08 bits per heavy atom. The van der Waals surface area contributed by atoms with Crippen molar-refractivity contribution in [1.29, 1.82) is 0 Å². The van der Waals surface area contributed by atoms with Gasteiger partial charge in [0.25, 0.3) is 0 Å². The van der Waals surface area contributed by atoms with Gasteiger partial charge in [-0.2, -0.15) is 0 Å². The Bertz CT molecular complexity index is 823. The van der Waals surface area contributed by atoms with Gasteiger partial charge in [-0.1, -0.05) is 48.0 Å². The molecule has 6 heteroatoms. The van der Waals surface area contributed by atoms with Crippen LogP contribution in [0, 0.1) is 6.92 Å². The van der Waals surface area contributed by atoms with Crippen LogP contribution in [0.25, 0.3) is 0 Å². The van der Waals surface area contributed by atoms with Crippen molar-refractivity contribution in [2.45, 2.75) is 43.4 Å². The molecule has 4 nitrogen and oxygen atoms in total. The van der Waals surface area contributed by atoms with Gasteiger partial charge in [0.1, 0.15) is 11.0 Å². The second kappa shape index (κ2) is 7.81. The molecule has 1 unspecified atom stereocenters. The average Bonchev–Trinajstić information content (AvgIpc) is 2.54. The average molecular weight is 380 g/mol. The minimum absolute atomic E-state index is 0.113. The van der Waals surface area contributed by atoms with E-state index in [0.29, 0.717) is 4.90 Å². The lowest BCUT2D eigenvalue weighted by molar-refractivity contribution is 0.549. The van der Waals surface area contributed by atoms with Gasteiger partial charge in [-0.05, 0) is 45.4 Å². The second-order valence-corrected chi connectivity index (χ2v) is 11.1. The van der Waals surface area contributed by atoms with Gasteiger partial charge in [0.2, 0.25) is 0 Å². The third-order valence-electron chi connectivity index (χ3n) is 4.01. The third-order valence-corrected chi connectivity index (χ3v) is 7.84. The lowest BCUT2D eigenvalue weighted by Gasteiger charge is -2.24. The first-order valence-electron chi connectivity index (χ1n) is 8.12. The second-order valence-electron chi connectivity index (χ2n) is 7.06. The van der Waals surface area contributed by atoms with E-state index in [4.69, 9.17) is 0 Å². The van der Waals surface area contributed by atoms with Crippen LogP contribution < -0.4 is 4.72 Å². The zero-order valence-electron chi connectivity index (χ0n) is 15.0. The van der Waals surface area contributed by atoms with E-state index in [-0.39, 0.29) is 5.75 Å². The topological polar surface area (TPSA) is 63.2 Å². The van der Waals surface area contributed by atoms with Crippen LogP contribution in [0.15, 0.2) is 59.5 Å². The molecule has 136 valence electrons. The number of benzene rings is 2.